The first-order chi connectivity index (χ1) is 11.3. The highest BCUT2D eigenvalue weighted by Gasteiger charge is 2.26. The average Bonchev–Trinajstić information content (AvgIpc) is 3.24. The Morgan fingerprint density at radius 3 is 3.04 bits per heavy atom. The molecule has 2 unspecified atom stereocenters. The number of hydrogen-bond donors (Lipinski definition) is 2. The van der Waals surface area contributed by atoms with Gasteiger partial charge in [0, 0.05) is 25.6 Å². The summed E-state index contributed by atoms with van der Waals surface area (Å²) >= 11 is 0. The van der Waals surface area contributed by atoms with Gasteiger partial charge in [0.05, 0.1) is 12.8 Å². The molecule has 0 saturated carbocycles. The van der Waals surface area contributed by atoms with Gasteiger partial charge in [-0.2, -0.15) is 0 Å². The van der Waals surface area contributed by atoms with Crippen LogP contribution in [0.4, 0.5) is 5.69 Å². The number of rotatable bonds is 6. The molecule has 2 fully saturated rings. The number of methoxy groups -OCH3 is 1. The number of benzene rings is 1. The van der Waals surface area contributed by atoms with E-state index in [1.54, 1.807) is 7.11 Å². The summed E-state index contributed by atoms with van der Waals surface area (Å²) in [6.07, 6.45) is 3.85. The minimum Gasteiger partial charge on any atom is -0.495 e. The number of nitrogens with one attached hydrogen (secondary N) is 2. The van der Waals surface area contributed by atoms with Crippen LogP contribution in [0.3, 0.4) is 0 Å². The molecule has 5 nitrogen and oxygen atoms in total. The molecule has 3 rings (SSSR count). The van der Waals surface area contributed by atoms with E-state index in [-0.39, 0.29) is 11.9 Å². The molecule has 2 heterocycles. The smallest absolute Gasteiger partial charge is 0.220 e. The first-order valence-corrected chi connectivity index (χ1v) is 8.64. The Hall–Kier alpha value is -1.75. The number of hydrogen-bond acceptors (Lipinski definition) is 4. The molecule has 5 heteroatoms. The second-order valence-electron chi connectivity index (χ2n) is 6.57. The molecule has 2 atom stereocenters. The lowest BCUT2D eigenvalue weighted by Crippen LogP contribution is -2.37. The lowest BCUT2D eigenvalue weighted by molar-refractivity contribution is -0.121. The van der Waals surface area contributed by atoms with Gasteiger partial charge >= 0.3 is 0 Å². The second kappa shape index (κ2) is 7.68. The molecular weight excluding hydrogens is 290 g/mol. The van der Waals surface area contributed by atoms with Crippen LogP contribution in [0.25, 0.3) is 0 Å². The number of ether oxygens (including phenoxy) is 1. The Balaban J connectivity index is 1.46. The van der Waals surface area contributed by atoms with Crippen LogP contribution in [-0.4, -0.2) is 45.2 Å². The van der Waals surface area contributed by atoms with Gasteiger partial charge in [0.25, 0.3) is 0 Å². The van der Waals surface area contributed by atoms with E-state index in [2.05, 4.69) is 21.6 Å². The van der Waals surface area contributed by atoms with Crippen LogP contribution in [0.2, 0.25) is 0 Å². The van der Waals surface area contributed by atoms with Crippen LogP contribution in [-0.2, 0) is 4.79 Å². The Morgan fingerprint density at radius 1 is 1.39 bits per heavy atom. The molecule has 1 aromatic rings. The lowest BCUT2D eigenvalue weighted by atomic mass is 10.0. The van der Waals surface area contributed by atoms with Crippen molar-refractivity contribution in [3.8, 4) is 5.75 Å². The highest BCUT2D eigenvalue weighted by atomic mass is 16.5. The third-order valence-corrected chi connectivity index (χ3v) is 4.92. The van der Waals surface area contributed by atoms with Crippen molar-refractivity contribution in [3.63, 3.8) is 0 Å². The summed E-state index contributed by atoms with van der Waals surface area (Å²) in [4.78, 5) is 14.4. The Bertz CT molecular complexity index is 529. The monoisotopic (exact) mass is 317 g/mol. The maximum atomic E-state index is 12.1. The summed E-state index contributed by atoms with van der Waals surface area (Å²) in [5, 5.41) is 6.55. The number of para-hydroxylation sites is 2. The zero-order chi connectivity index (χ0) is 16.1. The van der Waals surface area contributed by atoms with Crippen molar-refractivity contribution in [2.24, 2.45) is 5.92 Å². The van der Waals surface area contributed by atoms with Crippen LogP contribution in [0.15, 0.2) is 24.3 Å². The first-order valence-electron chi connectivity index (χ1n) is 8.64. The van der Waals surface area contributed by atoms with E-state index in [1.807, 2.05) is 18.2 Å². The van der Waals surface area contributed by atoms with Crippen molar-refractivity contribution in [3.05, 3.63) is 24.3 Å². The van der Waals surface area contributed by atoms with Gasteiger partial charge < -0.3 is 20.3 Å². The molecule has 2 aliphatic rings. The summed E-state index contributed by atoms with van der Waals surface area (Å²) in [5.41, 5.74) is 1.11. The quantitative estimate of drug-likeness (QED) is 0.840. The van der Waals surface area contributed by atoms with Crippen LogP contribution < -0.4 is 20.3 Å². The summed E-state index contributed by atoms with van der Waals surface area (Å²) in [6.45, 7) is 3.98. The fraction of sp³-hybridized carbons (Fsp3) is 0.611. The van der Waals surface area contributed by atoms with Gasteiger partial charge in [0.2, 0.25) is 5.91 Å². The predicted molar refractivity (Wildman–Crippen MR) is 92.0 cm³/mol. The van der Waals surface area contributed by atoms with E-state index in [4.69, 9.17) is 4.74 Å². The van der Waals surface area contributed by atoms with E-state index in [1.165, 1.54) is 6.42 Å². The molecule has 2 saturated heterocycles. The van der Waals surface area contributed by atoms with Crippen molar-refractivity contribution >= 4 is 11.6 Å². The summed E-state index contributed by atoms with van der Waals surface area (Å²) < 4.78 is 5.43. The largest absolute Gasteiger partial charge is 0.495 e. The summed E-state index contributed by atoms with van der Waals surface area (Å²) in [5.74, 6) is 1.77. The van der Waals surface area contributed by atoms with Crippen LogP contribution in [0, 0.1) is 5.92 Å². The molecule has 1 aromatic carbocycles. The first kappa shape index (κ1) is 16.1. The number of nitrogens with zero attached hydrogens (tertiary/aromatic N) is 1. The normalized spacial score (nSPS) is 24.0. The lowest BCUT2D eigenvalue weighted by Gasteiger charge is -2.21. The summed E-state index contributed by atoms with van der Waals surface area (Å²) in [7, 11) is 1.70. The number of carbonyl (C=O) groups excluding carboxylic acids is 1. The highest BCUT2D eigenvalue weighted by Crippen LogP contribution is 2.30. The number of amides is 1. The van der Waals surface area contributed by atoms with Gasteiger partial charge in [0.15, 0.2) is 0 Å². The number of carbonyl (C=O) groups is 1. The molecule has 2 N–H and O–H groups in total. The zero-order valence-electron chi connectivity index (χ0n) is 13.9. The van der Waals surface area contributed by atoms with Crippen molar-refractivity contribution in [1.29, 1.82) is 0 Å². The van der Waals surface area contributed by atoms with Crippen molar-refractivity contribution in [1.82, 2.24) is 10.6 Å². The molecule has 2 aliphatic heterocycles. The minimum absolute atomic E-state index is 0.198. The van der Waals surface area contributed by atoms with E-state index in [9.17, 15) is 4.79 Å². The molecule has 0 spiro atoms. The predicted octanol–water partition coefficient (Wildman–Crippen LogP) is 1.78. The Kier molecular flexibility index (Phi) is 5.39. The summed E-state index contributed by atoms with van der Waals surface area (Å²) in [6, 6.07) is 8.32. The second-order valence-corrected chi connectivity index (χ2v) is 6.57. The fourth-order valence-electron chi connectivity index (χ4n) is 3.58. The van der Waals surface area contributed by atoms with E-state index < -0.39 is 0 Å². The Labute approximate surface area is 138 Å². The van der Waals surface area contributed by atoms with Gasteiger partial charge in [-0.3, -0.25) is 4.79 Å². The third kappa shape index (κ3) is 4.16. The topological polar surface area (TPSA) is 53.6 Å². The minimum atomic E-state index is 0.198. The van der Waals surface area contributed by atoms with Crippen molar-refractivity contribution in [2.45, 2.75) is 31.7 Å². The van der Waals surface area contributed by atoms with E-state index in [0.29, 0.717) is 12.3 Å². The van der Waals surface area contributed by atoms with Gasteiger partial charge in [-0.05, 0) is 50.4 Å². The molecule has 126 valence electrons. The van der Waals surface area contributed by atoms with Crippen LogP contribution >= 0.6 is 0 Å². The maximum Gasteiger partial charge on any atom is 0.220 e. The SMILES string of the molecule is COc1ccccc1N1CCC(NC(=O)CCC2CCNC2)C1. The molecular formula is C18H27N3O2. The van der Waals surface area contributed by atoms with Gasteiger partial charge in [-0.1, -0.05) is 12.1 Å². The van der Waals surface area contributed by atoms with Gasteiger partial charge in [-0.15, -0.1) is 0 Å². The van der Waals surface area contributed by atoms with Crippen LogP contribution in [0.5, 0.6) is 5.75 Å². The Morgan fingerprint density at radius 2 is 2.26 bits per heavy atom. The standard InChI is InChI=1S/C18H27N3O2/c1-23-17-5-3-2-4-16(17)21-11-9-15(13-21)20-18(22)7-6-14-8-10-19-12-14/h2-5,14-15,19H,6-13H2,1H3,(H,20,22). The van der Waals surface area contributed by atoms with Gasteiger partial charge in [0.1, 0.15) is 5.75 Å². The van der Waals surface area contributed by atoms with E-state index in [0.717, 1.165) is 50.5 Å². The molecule has 0 aromatic heterocycles. The highest BCUT2D eigenvalue weighted by molar-refractivity contribution is 5.76. The molecule has 1 amide bonds. The maximum absolute atomic E-state index is 12.1. The van der Waals surface area contributed by atoms with E-state index >= 15 is 0 Å². The number of anilines is 1. The average molecular weight is 317 g/mol. The third-order valence-electron chi connectivity index (χ3n) is 4.92. The van der Waals surface area contributed by atoms with Crippen molar-refractivity contribution < 1.29 is 9.53 Å². The molecule has 0 radical (unpaired) electrons. The zero-order valence-corrected chi connectivity index (χ0v) is 13.9. The van der Waals surface area contributed by atoms with Crippen molar-refractivity contribution in [2.75, 3.05) is 38.2 Å². The molecule has 0 bridgehead atoms. The molecule has 0 aliphatic carbocycles. The molecule has 23 heavy (non-hydrogen) atoms. The fourth-order valence-corrected chi connectivity index (χ4v) is 3.58. The van der Waals surface area contributed by atoms with Gasteiger partial charge in [-0.25, -0.2) is 0 Å². The van der Waals surface area contributed by atoms with Crippen LogP contribution in [0.1, 0.15) is 25.7 Å².